The molecular formula is C18H19Cl3N6S. The Labute approximate surface area is 183 Å². The Morgan fingerprint density at radius 2 is 1.86 bits per heavy atom. The molecule has 0 spiro atoms. The molecule has 148 valence electrons. The first-order valence-electron chi connectivity index (χ1n) is 8.60. The van der Waals surface area contributed by atoms with E-state index in [1.165, 1.54) is 0 Å². The lowest BCUT2D eigenvalue weighted by Crippen LogP contribution is -2.28. The van der Waals surface area contributed by atoms with Gasteiger partial charge in [-0.25, -0.2) is 0 Å². The molecule has 0 amide bonds. The summed E-state index contributed by atoms with van der Waals surface area (Å²) >= 11 is 23.8. The van der Waals surface area contributed by atoms with Crippen LogP contribution in [0.3, 0.4) is 0 Å². The minimum Gasteiger partial charge on any atom is -0.358 e. The molecule has 0 bridgehead atoms. The van der Waals surface area contributed by atoms with Gasteiger partial charge in [0.2, 0.25) is 0 Å². The Morgan fingerprint density at radius 1 is 1.07 bits per heavy atom. The third-order valence-corrected chi connectivity index (χ3v) is 5.22. The van der Waals surface area contributed by atoms with Crippen LogP contribution in [-0.4, -0.2) is 24.7 Å². The quantitative estimate of drug-likeness (QED) is 0.515. The Morgan fingerprint density at radius 3 is 2.54 bits per heavy atom. The van der Waals surface area contributed by atoms with Crippen molar-refractivity contribution in [1.82, 2.24) is 24.9 Å². The van der Waals surface area contributed by atoms with Crippen molar-refractivity contribution in [2.45, 2.75) is 33.5 Å². The van der Waals surface area contributed by atoms with Gasteiger partial charge in [-0.1, -0.05) is 40.9 Å². The van der Waals surface area contributed by atoms with Crippen LogP contribution in [0.15, 0.2) is 30.6 Å². The summed E-state index contributed by atoms with van der Waals surface area (Å²) < 4.78 is 3.58. The molecule has 0 unspecified atom stereocenters. The van der Waals surface area contributed by atoms with Gasteiger partial charge >= 0.3 is 0 Å². The molecule has 28 heavy (non-hydrogen) atoms. The molecule has 0 atom stereocenters. The molecule has 0 radical (unpaired) electrons. The SMILES string of the molecule is CCn1cc(CNC(=S)Nc2nn(Cc3ccc(Cl)cc3Cl)cc2Cl)c(C)n1. The molecule has 0 aliphatic heterocycles. The van der Waals surface area contributed by atoms with Crippen LogP contribution in [0.25, 0.3) is 0 Å². The summed E-state index contributed by atoms with van der Waals surface area (Å²) in [6.07, 6.45) is 3.72. The van der Waals surface area contributed by atoms with Gasteiger partial charge in [0.25, 0.3) is 0 Å². The van der Waals surface area contributed by atoms with E-state index in [9.17, 15) is 0 Å². The second-order valence-corrected chi connectivity index (χ2v) is 7.82. The maximum Gasteiger partial charge on any atom is 0.173 e. The molecule has 0 fully saturated rings. The summed E-state index contributed by atoms with van der Waals surface area (Å²) in [4.78, 5) is 0. The number of aromatic nitrogens is 4. The molecule has 10 heteroatoms. The van der Waals surface area contributed by atoms with E-state index in [0.29, 0.717) is 39.1 Å². The third-order valence-electron chi connectivity index (χ3n) is 4.11. The molecule has 6 nitrogen and oxygen atoms in total. The summed E-state index contributed by atoms with van der Waals surface area (Å²) in [6.45, 7) is 5.88. The summed E-state index contributed by atoms with van der Waals surface area (Å²) in [5.41, 5.74) is 2.94. The maximum absolute atomic E-state index is 6.28. The lowest BCUT2D eigenvalue weighted by Gasteiger charge is -2.08. The second kappa shape index (κ2) is 9.13. The van der Waals surface area contributed by atoms with E-state index in [4.69, 9.17) is 47.0 Å². The normalized spacial score (nSPS) is 10.9. The van der Waals surface area contributed by atoms with Gasteiger partial charge in [-0.2, -0.15) is 10.2 Å². The average molecular weight is 458 g/mol. The first-order chi connectivity index (χ1) is 13.4. The maximum atomic E-state index is 6.28. The predicted molar refractivity (Wildman–Crippen MR) is 118 cm³/mol. The third kappa shape index (κ3) is 5.17. The zero-order valence-electron chi connectivity index (χ0n) is 15.3. The fourth-order valence-electron chi connectivity index (χ4n) is 2.61. The standard InChI is InChI=1S/C18H19Cl3N6S/c1-3-26-9-13(11(2)24-26)7-22-18(28)23-17-16(21)10-27(25-17)8-12-4-5-14(19)6-15(12)20/h4-6,9-10H,3,7-8H2,1-2H3,(H2,22,23,25,28). The number of hydrogen-bond donors (Lipinski definition) is 2. The van der Waals surface area contributed by atoms with Crippen LogP contribution in [0.4, 0.5) is 5.82 Å². The van der Waals surface area contributed by atoms with Gasteiger partial charge in [0.15, 0.2) is 10.9 Å². The summed E-state index contributed by atoms with van der Waals surface area (Å²) in [7, 11) is 0. The van der Waals surface area contributed by atoms with E-state index < -0.39 is 0 Å². The van der Waals surface area contributed by atoms with Crippen LogP contribution in [-0.2, 0) is 19.6 Å². The van der Waals surface area contributed by atoms with Gasteiger partial charge < -0.3 is 10.6 Å². The number of anilines is 1. The molecule has 2 aromatic heterocycles. The van der Waals surface area contributed by atoms with Crippen molar-refractivity contribution in [2.24, 2.45) is 0 Å². The molecule has 2 N–H and O–H groups in total. The number of aryl methyl sites for hydroxylation is 2. The Kier molecular flexibility index (Phi) is 6.82. The van der Waals surface area contributed by atoms with E-state index in [0.717, 1.165) is 23.4 Å². The zero-order valence-corrected chi connectivity index (χ0v) is 18.4. The summed E-state index contributed by atoms with van der Waals surface area (Å²) in [6, 6.07) is 5.34. The van der Waals surface area contributed by atoms with Crippen LogP contribution in [0, 0.1) is 6.92 Å². The Bertz CT molecular complexity index is 997. The van der Waals surface area contributed by atoms with Crippen molar-refractivity contribution in [3.05, 3.63) is 62.5 Å². The fraction of sp³-hybridized carbons (Fsp3) is 0.278. The van der Waals surface area contributed by atoms with E-state index in [1.54, 1.807) is 23.0 Å². The number of hydrogen-bond acceptors (Lipinski definition) is 3. The van der Waals surface area contributed by atoms with Gasteiger partial charge in [0, 0.05) is 41.1 Å². The van der Waals surface area contributed by atoms with E-state index in [2.05, 4.69) is 20.8 Å². The van der Waals surface area contributed by atoms with Gasteiger partial charge in [-0.15, -0.1) is 0 Å². The van der Waals surface area contributed by atoms with Crippen LogP contribution in [0.5, 0.6) is 0 Å². The number of nitrogens with zero attached hydrogens (tertiary/aromatic N) is 4. The van der Waals surface area contributed by atoms with Crippen molar-refractivity contribution < 1.29 is 0 Å². The highest BCUT2D eigenvalue weighted by Gasteiger charge is 2.11. The number of benzene rings is 1. The van der Waals surface area contributed by atoms with Crippen molar-refractivity contribution in [2.75, 3.05) is 5.32 Å². The molecule has 0 saturated carbocycles. The highest BCUT2D eigenvalue weighted by molar-refractivity contribution is 7.80. The minimum absolute atomic E-state index is 0.431. The Balaban J connectivity index is 1.61. The monoisotopic (exact) mass is 456 g/mol. The van der Waals surface area contributed by atoms with E-state index in [1.807, 2.05) is 30.8 Å². The molecule has 2 heterocycles. The zero-order chi connectivity index (χ0) is 20.3. The average Bonchev–Trinajstić information content (AvgIpc) is 3.17. The van der Waals surface area contributed by atoms with E-state index in [-0.39, 0.29) is 0 Å². The van der Waals surface area contributed by atoms with Crippen LogP contribution in [0.2, 0.25) is 15.1 Å². The molecule has 1 aromatic carbocycles. The number of halogens is 3. The summed E-state index contributed by atoms with van der Waals surface area (Å²) in [5, 5.41) is 17.1. The van der Waals surface area contributed by atoms with Crippen molar-refractivity contribution in [3.8, 4) is 0 Å². The van der Waals surface area contributed by atoms with Crippen LogP contribution >= 0.6 is 47.0 Å². The number of thiocarbonyl (C=S) groups is 1. The highest BCUT2D eigenvalue weighted by Crippen LogP contribution is 2.24. The first kappa shape index (κ1) is 20.9. The highest BCUT2D eigenvalue weighted by atomic mass is 35.5. The van der Waals surface area contributed by atoms with Crippen LogP contribution < -0.4 is 10.6 Å². The molecule has 3 rings (SSSR count). The van der Waals surface area contributed by atoms with E-state index >= 15 is 0 Å². The van der Waals surface area contributed by atoms with Gasteiger partial charge in [0.05, 0.1) is 12.2 Å². The topological polar surface area (TPSA) is 59.7 Å². The lowest BCUT2D eigenvalue weighted by molar-refractivity contribution is 0.653. The smallest absolute Gasteiger partial charge is 0.173 e. The molecule has 0 aliphatic rings. The van der Waals surface area contributed by atoms with Gasteiger partial charge in [-0.05, 0) is 43.8 Å². The van der Waals surface area contributed by atoms with Gasteiger partial charge in [0.1, 0.15) is 5.02 Å². The summed E-state index contributed by atoms with van der Waals surface area (Å²) in [5.74, 6) is 0.477. The fourth-order valence-corrected chi connectivity index (χ4v) is 3.44. The molecule has 3 aromatic rings. The first-order valence-corrected chi connectivity index (χ1v) is 10.1. The number of nitrogens with one attached hydrogen (secondary N) is 2. The van der Waals surface area contributed by atoms with Crippen molar-refractivity contribution in [1.29, 1.82) is 0 Å². The van der Waals surface area contributed by atoms with Crippen molar-refractivity contribution in [3.63, 3.8) is 0 Å². The van der Waals surface area contributed by atoms with Crippen molar-refractivity contribution >= 4 is 58.0 Å². The van der Waals surface area contributed by atoms with Crippen LogP contribution in [0.1, 0.15) is 23.7 Å². The predicted octanol–water partition coefficient (Wildman–Crippen LogP) is 4.90. The van der Waals surface area contributed by atoms with Gasteiger partial charge in [-0.3, -0.25) is 9.36 Å². The Hall–Kier alpha value is -1.80. The number of rotatable bonds is 6. The largest absolute Gasteiger partial charge is 0.358 e. The molecule has 0 aliphatic carbocycles. The molecular weight excluding hydrogens is 439 g/mol. The second-order valence-electron chi connectivity index (χ2n) is 6.16. The lowest BCUT2D eigenvalue weighted by atomic mass is 10.2. The minimum atomic E-state index is 0.431. The molecule has 0 saturated heterocycles.